The van der Waals surface area contributed by atoms with E-state index in [4.69, 9.17) is 32.7 Å². The number of aryl methyl sites for hydroxylation is 1. The van der Waals surface area contributed by atoms with Crippen LogP contribution in [0.4, 0.5) is 5.69 Å². The van der Waals surface area contributed by atoms with Crippen LogP contribution < -0.4 is 19.2 Å². The number of nitrogens with one attached hydrogen (secondary N) is 1. The highest BCUT2D eigenvalue weighted by Gasteiger charge is 2.21. The van der Waals surface area contributed by atoms with E-state index in [1.807, 2.05) is 19.1 Å². The Morgan fingerprint density at radius 1 is 1.14 bits per heavy atom. The summed E-state index contributed by atoms with van der Waals surface area (Å²) in [4.78, 5) is 12.5. The number of carbonyl (C=O) groups excluding carboxylic acids is 1. The molecule has 196 valence electrons. The van der Waals surface area contributed by atoms with Gasteiger partial charge in [0, 0.05) is 0 Å². The van der Waals surface area contributed by atoms with Crippen LogP contribution in [-0.2, 0) is 21.4 Å². The van der Waals surface area contributed by atoms with Gasteiger partial charge >= 0.3 is 0 Å². The second kappa shape index (κ2) is 12.6. The molecule has 0 saturated heterocycles. The molecule has 3 rings (SSSR count). The fraction of sp³-hybridized carbons (Fsp3) is 0.200. The van der Waals surface area contributed by atoms with Gasteiger partial charge in [-0.05, 0) is 75.9 Å². The van der Waals surface area contributed by atoms with Crippen LogP contribution in [-0.4, -0.2) is 40.4 Å². The van der Waals surface area contributed by atoms with Crippen molar-refractivity contribution in [2.45, 2.75) is 13.5 Å². The average molecular weight is 629 g/mol. The van der Waals surface area contributed by atoms with Crippen LogP contribution in [0.2, 0.25) is 10.0 Å². The number of nitrogens with zero attached hydrogens (tertiary/aromatic N) is 2. The minimum atomic E-state index is -3.69. The van der Waals surface area contributed by atoms with Crippen molar-refractivity contribution in [2.24, 2.45) is 5.10 Å². The van der Waals surface area contributed by atoms with Crippen molar-refractivity contribution >= 4 is 67.0 Å². The van der Waals surface area contributed by atoms with Crippen molar-refractivity contribution < 1.29 is 22.7 Å². The fourth-order valence-electron chi connectivity index (χ4n) is 3.27. The number of carbonyl (C=O) groups is 1. The predicted molar refractivity (Wildman–Crippen MR) is 151 cm³/mol. The molecule has 0 fully saturated rings. The Morgan fingerprint density at radius 2 is 1.89 bits per heavy atom. The summed E-state index contributed by atoms with van der Waals surface area (Å²) in [5, 5.41) is 4.84. The molecule has 0 aromatic heterocycles. The molecule has 0 bridgehead atoms. The molecular formula is C25H24BrCl2N3O5S. The lowest BCUT2D eigenvalue weighted by molar-refractivity contribution is -0.119. The Bertz CT molecular complexity index is 1430. The zero-order chi connectivity index (χ0) is 27.2. The highest BCUT2D eigenvalue weighted by Crippen LogP contribution is 2.37. The minimum Gasteiger partial charge on any atom is -0.493 e. The first-order valence-corrected chi connectivity index (χ1v) is 14.2. The highest BCUT2D eigenvalue weighted by molar-refractivity contribution is 9.10. The van der Waals surface area contributed by atoms with Gasteiger partial charge in [0.05, 0.1) is 39.8 Å². The molecule has 37 heavy (non-hydrogen) atoms. The van der Waals surface area contributed by atoms with Gasteiger partial charge in [0.1, 0.15) is 13.2 Å². The lowest BCUT2D eigenvalue weighted by atomic mass is 10.2. The van der Waals surface area contributed by atoms with E-state index in [-0.39, 0.29) is 6.61 Å². The van der Waals surface area contributed by atoms with Gasteiger partial charge in [-0.2, -0.15) is 5.10 Å². The Hall–Kier alpha value is -2.79. The molecule has 3 aromatic rings. The van der Waals surface area contributed by atoms with Gasteiger partial charge in [-0.15, -0.1) is 0 Å². The number of hydrazone groups is 1. The van der Waals surface area contributed by atoms with E-state index >= 15 is 0 Å². The zero-order valence-corrected chi connectivity index (χ0v) is 24.1. The Balaban J connectivity index is 1.68. The molecule has 0 radical (unpaired) electrons. The van der Waals surface area contributed by atoms with Crippen LogP contribution in [0.15, 0.2) is 64.2 Å². The molecule has 12 heteroatoms. The van der Waals surface area contributed by atoms with Crippen molar-refractivity contribution in [1.82, 2.24) is 5.43 Å². The molecule has 0 saturated carbocycles. The summed E-state index contributed by atoms with van der Waals surface area (Å²) in [5.41, 5.74) is 5.05. The van der Waals surface area contributed by atoms with Crippen LogP contribution in [0.1, 0.15) is 16.7 Å². The van der Waals surface area contributed by atoms with Crippen molar-refractivity contribution in [3.05, 3.63) is 85.8 Å². The number of anilines is 1. The number of benzene rings is 3. The maximum Gasteiger partial charge on any atom is 0.260 e. The van der Waals surface area contributed by atoms with Gasteiger partial charge in [-0.1, -0.05) is 41.4 Å². The third-order valence-electron chi connectivity index (χ3n) is 5.00. The standard InChI is InChI=1S/C25H24BrCl2N3O5S/c1-16-5-4-6-19(9-16)31(37(3,33)34)14-24(32)30-29-13-18-10-20(26)25(23(12-18)35-2)36-15-17-7-8-21(27)22(28)11-17/h4-13H,14-15H2,1-3H3,(H,30,32)/b29-13-. The van der Waals surface area contributed by atoms with Gasteiger partial charge in [-0.25, -0.2) is 13.8 Å². The second-order valence-corrected chi connectivity index (χ2v) is 11.5. The number of hydrogen-bond acceptors (Lipinski definition) is 6. The summed E-state index contributed by atoms with van der Waals surface area (Å²) in [7, 11) is -2.18. The van der Waals surface area contributed by atoms with E-state index in [9.17, 15) is 13.2 Å². The van der Waals surface area contributed by atoms with E-state index in [2.05, 4.69) is 26.5 Å². The molecule has 0 atom stereocenters. The monoisotopic (exact) mass is 627 g/mol. The van der Waals surface area contributed by atoms with Gasteiger partial charge in [0.25, 0.3) is 5.91 Å². The van der Waals surface area contributed by atoms with Gasteiger partial charge < -0.3 is 9.47 Å². The summed E-state index contributed by atoms with van der Waals surface area (Å²) in [6.07, 6.45) is 2.45. The quantitative estimate of drug-likeness (QED) is 0.234. The number of halogens is 3. The zero-order valence-electron chi connectivity index (χ0n) is 20.2. The van der Waals surface area contributed by atoms with E-state index < -0.39 is 22.5 Å². The first-order valence-electron chi connectivity index (χ1n) is 10.8. The summed E-state index contributed by atoms with van der Waals surface area (Å²) in [5.74, 6) is 0.303. The summed E-state index contributed by atoms with van der Waals surface area (Å²) < 4.78 is 37.5. The van der Waals surface area contributed by atoms with Crippen LogP contribution in [0.3, 0.4) is 0 Å². The van der Waals surface area contributed by atoms with E-state index in [0.29, 0.717) is 37.3 Å². The molecular weight excluding hydrogens is 605 g/mol. The highest BCUT2D eigenvalue weighted by atomic mass is 79.9. The van der Waals surface area contributed by atoms with E-state index in [0.717, 1.165) is 21.7 Å². The molecule has 8 nitrogen and oxygen atoms in total. The molecule has 1 N–H and O–H groups in total. The molecule has 0 aliphatic heterocycles. The molecule has 0 unspecified atom stereocenters. The average Bonchev–Trinajstić information content (AvgIpc) is 2.83. The number of rotatable bonds is 10. The normalized spacial score (nSPS) is 11.4. The third kappa shape index (κ3) is 8.10. The maximum absolute atomic E-state index is 12.5. The van der Waals surface area contributed by atoms with Crippen LogP contribution in [0, 0.1) is 6.92 Å². The van der Waals surface area contributed by atoms with Crippen molar-refractivity contribution in [3.63, 3.8) is 0 Å². The number of hydrogen-bond donors (Lipinski definition) is 1. The van der Waals surface area contributed by atoms with Gasteiger partial charge in [-0.3, -0.25) is 9.10 Å². The molecule has 0 spiro atoms. The molecule has 0 heterocycles. The van der Waals surface area contributed by atoms with Gasteiger partial charge in [0.15, 0.2) is 11.5 Å². The Morgan fingerprint density at radius 3 is 2.54 bits per heavy atom. The van der Waals surface area contributed by atoms with E-state index in [1.165, 1.54) is 13.3 Å². The first kappa shape index (κ1) is 28.8. The summed E-state index contributed by atoms with van der Waals surface area (Å²) in [6, 6.07) is 15.5. The second-order valence-electron chi connectivity index (χ2n) is 7.97. The van der Waals surface area contributed by atoms with Crippen molar-refractivity contribution in [2.75, 3.05) is 24.2 Å². The number of methoxy groups -OCH3 is 1. The molecule has 0 aliphatic carbocycles. The largest absolute Gasteiger partial charge is 0.493 e. The van der Waals surface area contributed by atoms with Gasteiger partial charge in [0.2, 0.25) is 10.0 Å². The maximum atomic E-state index is 12.5. The van der Waals surface area contributed by atoms with Crippen LogP contribution in [0.25, 0.3) is 0 Å². The summed E-state index contributed by atoms with van der Waals surface area (Å²) in [6.45, 7) is 1.64. The number of ether oxygens (including phenoxy) is 2. The summed E-state index contributed by atoms with van der Waals surface area (Å²) >= 11 is 15.5. The molecule has 0 aliphatic rings. The minimum absolute atomic E-state index is 0.229. The number of sulfonamides is 1. The number of amides is 1. The van der Waals surface area contributed by atoms with Crippen LogP contribution >= 0.6 is 39.1 Å². The molecule has 3 aromatic carbocycles. The topological polar surface area (TPSA) is 97.3 Å². The Labute approximate surface area is 234 Å². The SMILES string of the molecule is COc1cc(/C=N\NC(=O)CN(c2cccc(C)c2)S(C)(=O)=O)cc(Br)c1OCc1ccc(Cl)c(Cl)c1. The first-order chi connectivity index (χ1) is 17.5. The van der Waals surface area contributed by atoms with Crippen LogP contribution in [0.5, 0.6) is 11.5 Å². The fourth-order valence-corrected chi connectivity index (χ4v) is 5.01. The lowest BCUT2D eigenvalue weighted by Crippen LogP contribution is -2.39. The molecule has 1 amide bonds. The third-order valence-corrected chi connectivity index (χ3v) is 7.47. The smallest absolute Gasteiger partial charge is 0.260 e. The van der Waals surface area contributed by atoms with Crippen molar-refractivity contribution in [3.8, 4) is 11.5 Å². The Kier molecular flexibility index (Phi) is 9.83. The van der Waals surface area contributed by atoms with Crippen molar-refractivity contribution in [1.29, 1.82) is 0 Å². The predicted octanol–water partition coefficient (Wildman–Crippen LogP) is 5.57. The lowest BCUT2D eigenvalue weighted by Gasteiger charge is -2.21. The van der Waals surface area contributed by atoms with E-state index in [1.54, 1.807) is 42.5 Å².